The zero-order valence-electron chi connectivity index (χ0n) is 14.0. The lowest BCUT2D eigenvalue weighted by Gasteiger charge is -2.31. The Morgan fingerprint density at radius 1 is 1.15 bits per heavy atom. The van der Waals surface area contributed by atoms with Gasteiger partial charge in [-0.05, 0) is 41.5 Å². The standard InChI is InChI=1S/C19H19Cl2N3OS/c20-14-3-1-12(2-4-14)8-22-26-24-9-13(11-25)19-16-7-15(21)5-6-17(16)23-18(19)10-24/h1-7,13,22-23,25H,8-11H2. The monoisotopic (exact) mass is 407 g/mol. The van der Waals surface area contributed by atoms with Crippen molar-refractivity contribution in [3.8, 4) is 0 Å². The second-order valence-electron chi connectivity index (χ2n) is 6.45. The fraction of sp³-hybridized carbons (Fsp3) is 0.263. The van der Waals surface area contributed by atoms with Gasteiger partial charge in [-0.25, -0.2) is 9.03 Å². The second kappa shape index (κ2) is 7.80. The van der Waals surface area contributed by atoms with E-state index in [0.29, 0.717) is 0 Å². The van der Waals surface area contributed by atoms with Crippen molar-refractivity contribution in [2.24, 2.45) is 0 Å². The Balaban J connectivity index is 1.47. The molecule has 0 saturated heterocycles. The third-order valence-corrected chi connectivity index (χ3v) is 5.95. The van der Waals surface area contributed by atoms with Gasteiger partial charge in [0.15, 0.2) is 0 Å². The topological polar surface area (TPSA) is 51.3 Å². The van der Waals surface area contributed by atoms with E-state index in [0.717, 1.165) is 46.3 Å². The third-order valence-electron chi connectivity index (χ3n) is 4.65. The summed E-state index contributed by atoms with van der Waals surface area (Å²) in [6.07, 6.45) is 0. The number of nitrogens with zero attached hydrogens (tertiary/aromatic N) is 1. The summed E-state index contributed by atoms with van der Waals surface area (Å²) in [6.45, 7) is 2.43. The van der Waals surface area contributed by atoms with E-state index >= 15 is 0 Å². The maximum Gasteiger partial charge on any atom is 0.0513 e. The summed E-state index contributed by atoms with van der Waals surface area (Å²) in [6, 6.07) is 13.7. The van der Waals surface area contributed by atoms with Crippen molar-refractivity contribution in [1.29, 1.82) is 0 Å². The van der Waals surface area contributed by atoms with Crippen LogP contribution in [0.15, 0.2) is 42.5 Å². The van der Waals surface area contributed by atoms with E-state index < -0.39 is 0 Å². The normalized spacial score (nSPS) is 17.6. The van der Waals surface area contributed by atoms with E-state index in [9.17, 15) is 5.11 Å². The third kappa shape index (κ3) is 3.74. The van der Waals surface area contributed by atoms with Gasteiger partial charge >= 0.3 is 0 Å². The molecule has 7 heteroatoms. The summed E-state index contributed by atoms with van der Waals surface area (Å²) in [5.74, 6) is 0.0656. The minimum Gasteiger partial charge on any atom is -0.396 e. The van der Waals surface area contributed by atoms with Gasteiger partial charge in [0, 0.05) is 57.8 Å². The van der Waals surface area contributed by atoms with Crippen LogP contribution in [0, 0.1) is 0 Å². The zero-order chi connectivity index (χ0) is 18.1. The lowest BCUT2D eigenvalue weighted by Crippen LogP contribution is -2.32. The molecule has 1 aliphatic heterocycles. The zero-order valence-corrected chi connectivity index (χ0v) is 16.3. The minimum absolute atomic E-state index is 0.0656. The molecular weight excluding hydrogens is 389 g/mol. The first-order valence-electron chi connectivity index (χ1n) is 8.44. The molecule has 26 heavy (non-hydrogen) atoms. The van der Waals surface area contributed by atoms with Crippen molar-refractivity contribution in [3.05, 3.63) is 69.3 Å². The van der Waals surface area contributed by atoms with Crippen LogP contribution in [0.2, 0.25) is 10.0 Å². The number of aliphatic hydroxyl groups excluding tert-OH is 1. The van der Waals surface area contributed by atoms with Crippen molar-refractivity contribution in [1.82, 2.24) is 14.0 Å². The average Bonchev–Trinajstić information content (AvgIpc) is 3.00. The minimum atomic E-state index is 0.0656. The molecule has 0 saturated carbocycles. The van der Waals surface area contributed by atoms with Gasteiger partial charge in [-0.15, -0.1) is 0 Å². The Kier molecular flexibility index (Phi) is 5.45. The fourth-order valence-electron chi connectivity index (χ4n) is 3.44. The molecule has 1 aliphatic rings. The second-order valence-corrected chi connectivity index (χ2v) is 8.31. The van der Waals surface area contributed by atoms with E-state index in [1.54, 1.807) is 12.1 Å². The summed E-state index contributed by atoms with van der Waals surface area (Å²) < 4.78 is 5.62. The van der Waals surface area contributed by atoms with Gasteiger partial charge < -0.3 is 10.1 Å². The largest absolute Gasteiger partial charge is 0.396 e. The number of fused-ring (bicyclic) bond motifs is 3. The molecule has 0 spiro atoms. The highest BCUT2D eigenvalue weighted by atomic mass is 35.5. The lowest BCUT2D eigenvalue weighted by atomic mass is 9.94. The van der Waals surface area contributed by atoms with Crippen LogP contribution in [0.5, 0.6) is 0 Å². The van der Waals surface area contributed by atoms with E-state index in [1.807, 2.05) is 42.5 Å². The fourth-order valence-corrected chi connectivity index (χ4v) is 4.60. The van der Waals surface area contributed by atoms with Gasteiger partial charge in [0.05, 0.1) is 13.2 Å². The number of hydrogen-bond donors (Lipinski definition) is 3. The molecule has 3 aromatic rings. The number of rotatable bonds is 5. The molecule has 0 radical (unpaired) electrons. The van der Waals surface area contributed by atoms with Crippen molar-refractivity contribution >= 4 is 46.2 Å². The van der Waals surface area contributed by atoms with Crippen LogP contribution in [0.25, 0.3) is 10.9 Å². The van der Waals surface area contributed by atoms with E-state index in [4.69, 9.17) is 23.2 Å². The highest BCUT2D eigenvalue weighted by molar-refractivity contribution is 7.95. The number of aliphatic hydroxyl groups is 1. The number of aromatic amines is 1. The Morgan fingerprint density at radius 2 is 1.92 bits per heavy atom. The molecule has 1 unspecified atom stereocenters. The van der Waals surface area contributed by atoms with E-state index in [1.165, 1.54) is 11.1 Å². The van der Waals surface area contributed by atoms with Crippen LogP contribution >= 0.6 is 35.3 Å². The Morgan fingerprint density at radius 3 is 2.69 bits per heavy atom. The quantitative estimate of drug-likeness (QED) is 0.535. The molecule has 4 nitrogen and oxygen atoms in total. The Hall–Kier alpha value is -1.21. The van der Waals surface area contributed by atoms with E-state index in [-0.39, 0.29) is 12.5 Å². The van der Waals surface area contributed by atoms with Crippen LogP contribution in [0.4, 0.5) is 0 Å². The Labute approximate surface area is 166 Å². The van der Waals surface area contributed by atoms with Crippen LogP contribution < -0.4 is 4.72 Å². The molecule has 1 atom stereocenters. The Bertz CT molecular complexity index is 913. The molecule has 0 bridgehead atoms. The molecule has 0 aliphatic carbocycles. The number of benzene rings is 2. The number of aromatic nitrogens is 1. The molecular formula is C19H19Cl2N3OS. The molecule has 3 N–H and O–H groups in total. The van der Waals surface area contributed by atoms with Crippen LogP contribution in [0.3, 0.4) is 0 Å². The van der Waals surface area contributed by atoms with Gasteiger partial charge in [0.25, 0.3) is 0 Å². The number of H-pyrrole nitrogens is 1. The van der Waals surface area contributed by atoms with Gasteiger partial charge in [0.1, 0.15) is 0 Å². The van der Waals surface area contributed by atoms with Crippen molar-refractivity contribution in [2.45, 2.75) is 19.0 Å². The molecule has 0 amide bonds. The summed E-state index contributed by atoms with van der Waals surface area (Å²) in [5.41, 5.74) is 4.59. The molecule has 2 aromatic carbocycles. The SMILES string of the molecule is OCC1CN(SNCc2ccc(Cl)cc2)Cc2[nH]c3ccc(Cl)cc3c21. The van der Waals surface area contributed by atoms with Crippen LogP contribution in [0.1, 0.15) is 22.7 Å². The lowest BCUT2D eigenvalue weighted by molar-refractivity contribution is 0.235. The first-order chi connectivity index (χ1) is 12.6. The predicted molar refractivity (Wildman–Crippen MR) is 109 cm³/mol. The van der Waals surface area contributed by atoms with Crippen molar-refractivity contribution in [2.75, 3.05) is 13.2 Å². The highest BCUT2D eigenvalue weighted by Crippen LogP contribution is 2.37. The molecule has 1 aromatic heterocycles. The number of halogens is 2. The number of nitrogens with one attached hydrogen (secondary N) is 2. The van der Waals surface area contributed by atoms with E-state index in [2.05, 4.69) is 14.0 Å². The first-order valence-corrected chi connectivity index (χ1v) is 9.97. The summed E-state index contributed by atoms with van der Waals surface area (Å²) in [5, 5.41) is 12.5. The van der Waals surface area contributed by atoms with Gasteiger partial charge in [-0.2, -0.15) is 0 Å². The van der Waals surface area contributed by atoms with Crippen LogP contribution in [-0.4, -0.2) is 27.5 Å². The highest BCUT2D eigenvalue weighted by Gasteiger charge is 2.29. The summed E-state index contributed by atoms with van der Waals surface area (Å²) in [7, 11) is 0. The smallest absolute Gasteiger partial charge is 0.0513 e. The van der Waals surface area contributed by atoms with Gasteiger partial charge in [-0.3, -0.25) is 0 Å². The van der Waals surface area contributed by atoms with Crippen molar-refractivity contribution < 1.29 is 5.11 Å². The van der Waals surface area contributed by atoms with Crippen LogP contribution in [-0.2, 0) is 13.1 Å². The number of hydrogen-bond acceptors (Lipinski definition) is 4. The maximum atomic E-state index is 9.92. The maximum absolute atomic E-state index is 9.92. The van der Waals surface area contributed by atoms with Gasteiger partial charge in [0.2, 0.25) is 0 Å². The molecule has 136 valence electrons. The van der Waals surface area contributed by atoms with Crippen molar-refractivity contribution in [3.63, 3.8) is 0 Å². The summed E-state index contributed by atoms with van der Waals surface area (Å²) in [4.78, 5) is 3.48. The first kappa shape index (κ1) is 18.2. The average molecular weight is 408 g/mol. The van der Waals surface area contributed by atoms with Gasteiger partial charge in [-0.1, -0.05) is 35.3 Å². The molecule has 4 rings (SSSR count). The predicted octanol–water partition coefficient (Wildman–Crippen LogP) is 4.72. The molecule has 2 heterocycles. The summed E-state index contributed by atoms with van der Waals surface area (Å²) >= 11 is 13.7. The molecule has 0 fully saturated rings.